The lowest BCUT2D eigenvalue weighted by molar-refractivity contribution is 0.501. The Kier molecular flexibility index (Phi) is 6.20. The molecule has 108 valence electrons. The van der Waals surface area contributed by atoms with Crippen LogP contribution in [-0.4, -0.2) is 13.1 Å². The lowest BCUT2D eigenvalue weighted by Gasteiger charge is -2.17. The number of aryl methyl sites for hydroxylation is 1. The molecule has 1 N–H and O–H groups in total. The number of likely N-dealkylation sites (N-methyl/N-ethyl adjacent to an activating group) is 1. The van der Waals surface area contributed by atoms with E-state index < -0.39 is 0 Å². The molecule has 1 nitrogen and oxygen atoms in total. The van der Waals surface area contributed by atoms with Crippen molar-refractivity contribution in [3.05, 3.63) is 56.4 Å². The molecule has 2 aromatic rings. The Bertz CT molecular complexity index is 527. The molecule has 0 aliphatic carbocycles. The van der Waals surface area contributed by atoms with Gasteiger partial charge in [-0.05, 0) is 61.9 Å². The first-order valence-electron chi connectivity index (χ1n) is 6.82. The Balaban J connectivity index is 1.85. The van der Waals surface area contributed by atoms with E-state index in [0.29, 0.717) is 6.04 Å². The molecular formula is C16H19BrFNS. The average Bonchev–Trinajstić information content (AvgIpc) is 2.93. The monoisotopic (exact) mass is 355 g/mol. The normalized spacial score (nSPS) is 12.6. The topological polar surface area (TPSA) is 12.0 Å². The zero-order chi connectivity index (χ0) is 14.4. The molecule has 0 radical (unpaired) electrons. The van der Waals surface area contributed by atoms with Crippen LogP contribution >= 0.6 is 27.3 Å². The summed E-state index contributed by atoms with van der Waals surface area (Å²) < 4.78 is 13.9. The number of rotatable bonds is 7. The summed E-state index contributed by atoms with van der Waals surface area (Å²) in [5, 5.41) is 5.49. The number of halogens is 2. The van der Waals surface area contributed by atoms with E-state index in [-0.39, 0.29) is 5.82 Å². The van der Waals surface area contributed by atoms with Gasteiger partial charge in [0.25, 0.3) is 0 Å². The predicted octanol–water partition coefficient (Wildman–Crippen LogP) is 4.80. The van der Waals surface area contributed by atoms with Crippen LogP contribution in [0.2, 0.25) is 0 Å². The molecule has 0 saturated carbocycles. The first kappa shape index (κ1) is 15.7. The van der Waals surface area contributed by atoms with E-state index in [1.807, 2.05) is 24.5 Å². The van der Waals surface area contributed by atoms with Crippen molar-refractivity contribution in [2.24, 2.45) is 0 Å². The zero-order valence-electron chi connectivity index (χ0n) is 11.5. The third-order valence-electron chi connectivity index (χ3n) is 3.45. The molecule has 0 bridgehead atoms. The van der Waals surface area contributed by atoms with E-state index in [0.717, 1.165) is 29.3 Å². The van der Waals surface area contributed by atoms with Crippen LogP contribution in [0.3, 0.4) is 0 Å². The molecule has 1 aromatic carbocycles. The number of hydrogen-bond acceptors (Lipinski definition) is 2. The second kappa shape index (κ2) is 7.91. The summed E-state index contributed by atoms with van der Waals surface area (Å²) in [5.74, 6) is -0.195. The van der Waals surface area contributed by atoms with Crippen molar-refractivity contribution < 1.29 is 4.39 Å². The van der Waals surface area contributed by atoms with Crippen LogP contribution < -0.4 is 5.32 Å². The van der Waals surface area contributed by atoms with Gasteiger partial charge in [-0.3, -0.25) is 0 Å². The van der Waals surface area contributed by atoms with Gasteiger partial charge in [-0.15, -0.1) is 11.3 Å². The van der Waals surface area contributed by atoms with E-state index in [2.05, 4.69) is 38.8 Å². The SMILES string of the molecule is CNC(CCCc1cccs1)Cc1ccc(F)cc1Br. The van der Waals surface area contributed by atoms with Crippen molar-refractivity contribution in [2.75, 3.05) is 7.05 Å². The third-order valence-corrected chi connectivity index (χ3v) is 5.12. The Morgan fingerprint density at radius 2 is 2.20 bits per heavy atom. The van der Waals surface area contributed by atoms with E-state index in [9.17, 15) is 4.39 Å². The summed E-state index contributed by atoms with van der Waals surface area (Å²) >= 11 is 5.26. The molecule has 20 heavy (non-hydrogen) atoms. The highest BCUT2D eigenvalue weighted by Crippen LogP contribution is 2.21. The van der Waals surface area contributed by atoms with E-state index in [1.54, 1.807) is 0 Å². The molecule has 4 heteroatoms. The zero-order valence-corrected chi connectivity index (χ0v) is 13.9. The molecule has 1 aromatic heterocycles. The number of hydrogen-bond donors (Lipinski definition) is 1. The summed E-state index contributed by atoms with van der Waals surface area (Å²) in [6.07, 6.45) is 4.35. The highest BCUT2D eigenvalue weighted by Gasteiger charge is 2.10. The molecule has 2 rings (SSSR count). The molecule has 1 atom stereocenters. The Morgan fingerprint density at radius 1 is 1.35 bits per heavy atom. The molecule has 0 amide bonds. The van der Waals surface area contributed by atoms with Crippen LogP contribution in [0.15, 0.2) is 40.2 Å². The maximum atomic E-state index is 13.1. The second-order valence-electron chi connectivity index (χ2n) is 4.90. The van der Waals surface area contributed by atoms with Crippen LogP contribution in [-0.2, 0) is 12.8 Å². The minimum Gasteiger partial charge on any atom is -0.317 e. The van der Waals surface area contributed by atoms with Gasteiger partial charge in [0.15, 0.2) is 0 Å². The standard InChI is InChI=1S/C16H19BrFNS/c1-19-14(4-2-5-15-6-3-9-20-15)10-12-7-8-13(18)11-16(12)17/h3,6-9,11,14,19H,2,4-5,10H2,1H3. The average molecular weight is 356 g/mol. The predicted molar refractivity (Wildman–Crippen MR) is 87.9 cm³/mol. The third kappa shape index (κ3) is 4.69. The quantitative estimate of drug-likeness (QED) is 0.751. The second-order valence-corrected chi connectivity index (χ2v) is 6.78. The fraction of sp³-hybridized carbons (Fsp3) is 0.375. The van der Waals surface area contributed by atoms with Crippen LogP contribution in [0.25, 0.3) is 0 Å². The van der Waals surface area contributed by atoms with Crippen LogP contribution in [0, 0.1) is 5.82 Å². The molecule has 0 spiro atoms. The molecule has 1 unspecified atom stereocenters. The highest BCUT2D eigenvalue weighted by molar-refractivity contribution is 9.10. The van der Waals surface area contributed by atoms with Gasteiger partial charge < -0.3 is 5.32 Å². The first-order chi connectivity index (χ1) is 9.69. The number of nitrogens with one attached hydrogen (secondary N) is 1. The smallest absolute Gasteiger partial charge is 0.124 e. The van der Waals surface area contributed by atoms with Crippen LogP contribution in [0.1, 0.15) is 23.3 Å². The van der Waals surface area contributed by atoms with Gasteiger partial charge in [-0.1, -0.05) is 28.1 Å². The van der Waals surface area contributed by atoms with Crippen LogP contribution in [0.4, 0.5) is 4.39 Å². The minimum atomic E-state index is -0.195. The number of thiophene rings is 1. The largest absolute Gasteiger partial charge is 0.317 e. The molecule has 0 saturated heterocycles. The van der Waals surface area contributed by atoms with E-state index >= 15 is 0 Å². The lowest BCUT2D eigenvalue weighted by Crippen LogP contribution is -2.27. The molecule has 1 heterocycles. The molecule has 0 fully saturated rings. The van der Waals surface area contributed by atoms with Gasteiger partial charge in [0.05, 0.1) is 0 Å². The maximum Gasteiger partial charge on any atom is 0.124 e. The van der Waals surface area contributed by atoms with Crippen molar-refractivity contribution in [3.8, 4) is 0 Å². The summed E-state index contributed by atoms with van der Waals surface area (Å²) in [7, 11) is 1.99. The fourth-order valence-electron chi connectivity index (χ4n) is 2.28. The summed E-state index contributed by atoms with van der Waals surface area (Å²) in [6, 6.07) is 9.65. The fourth-order valence-corrected chi connectivity index (χ4v) is 3.54. The molecule has 0 aliphatic heterocycles. The Morgan fingerprint density at radius 3 is 2.85 bits per heavy atom. The van der Waals surface area contributed by atoms with Crippen molar-refractivity contribution in [1.82, 2.24) is 5.32 Å². The van der Waals surface area contributed by atoms with Crippen molar-refractivity contribution in [3.63, 3.8) is 0 Å². The van der Waals surface area contributed by atoms with Gasteiger partial charge in [0.1, 0.15) is 5.82 Å². The van der Waals surface area contributed by atoms with Gasteiger partial charge in [-0.2, -0.15) is 0 Å². The Hall–Kier alpha value is -0.710. The highest BCUT2D eigenvalue weighted by atomic mass is 79.9. The van der Waals surface area contributed by atoms with Gasteiger partial charge in [-0.25, -0.2) is 4.39 Å². The van der Waals surface area contributed by atoms with Gasteiger partial charge in [0.2, 0.25) is 0 Å². The van der Waals surface area contributed by atoms with Gasteiger partial charge >= 0.3 is 0 Å². The lowest BCUT2D eigenvalue weighted by atomic mass is 10.0. The molecular weight excluding hydrogens is 337 g/mol. The minimum absolute atomic E-state index is 0.195. The maximum absolute atomic E-state index is 13.1. The summed E-state index contributed by atoms with van der Waals surface area (Å²) in [6.45, 7) is 0. The summed E-state index contributed by atoms with van der Waals surface area (Å²) in [4.78, 5) is 1.45. The van der Waals surface area contributed by atoms with E-state index in [1.165, 1.54) is 23.4 Å². The van der Waals surface area contributed by atoms with Crippen molar-refractivity contribution in [2.45, 2.75) is 31.7 Å². The van der Waals surface area contributed by atoms with Gasteiger partial charge in [0, 0.05) is 15.4 Å². The molecule has 0 aliphatic rings. The van der Waals surface area contributed by atoms with Crippen LogP contribution in [0.5, 0.6) is 0 Å². The van der Waals surface area contributed by atoms with E-state index in [4.69, 9.17) is 0 Å². The first-order valence-corrected chi connectivity index (χ1v) is 8.50. The summed E-state index contributed by atoms with van der Waals surface area (Å²) in [5.41, 5.74) is 1.15. The Labute approximate surface area is 132 Å². The van der Waals surface area contributed by atoms with Crippen molar-refractivity contribution >= 4 is 27.3 Å². The van der Waals surface area contributed by atoms with Crippen molar-refractivity contribution in [1.29, 1.82) is 0 Å². The number of benzene rings is 1.